The molecule has 0 spiro atoms. The number of rotatable bonds is 4. The van der Waals surface area contributed by atoms with Crippen LogP contribution in [0.5, 0.6) is 0 Å². The Kier molecular flexibility index (Phi) is 3.33. The summed E-state index contributed by atoms with van der Waals surface area (Å²) in [6, 6.07) is 0. The van der Waals surface area contributed by atoms with Crippen molar-refractivity contribution in [2.75, 3.05) is 6.61 Å². The molecule has 0 amide bonds. The first-order chi connectivity index (χ1) is 6.94. The van der Waals surface area contributed by atoms with E-state index in [1.165, 1.54) is 0 Å². The third-order valence-corrected chi connectivity index (χ3v) is 1.50. The molecule has 1 rings (SSSR count). The van der Waals surface area contributed by atoms with Crippen molar-refractivity contribution < 1.29 is 22.9 Å². The van der Waals surface area contributed by atoms with Crippen LogP contribution in [0.2, 0.25) is 0 Å². The smallest absolute Gasteiger partial charge is 0.362 e. The Morgan fingerprint density at radius 1 is 1.53 bits per heavy atom. The highest BCUT2D eigenvalue weighted by Crippen LogP contribution is 2.19. The molecule has 0 N–H and O–H groups in total. The number of halogens is 2. The zero-order valence-corrected chi connectivity index (χ0v) is 8.29. The van der Waals surface area contributed by atoms with Gasteiger partial charge in [0.05, 0.1) is 13.0 Å². The molecule has 1 aromatic rings. The molecule has 0 saturated heterocycles. The van der Waals surface area contributed by atoms with Gasteiger partial charge in [-0.1, -0.05) is 5.16 Å². The topological polar surface area (TPSA) is 65.2 Å². The Morgan fingerprint density at radius 2 is 2.20 bits per heavy atom. The second kappa shape index (κ2) is 4.33. The standard InChI is InChI=1S/C8H10F2N2O3/c1-3-14-7(13)6-5(11-15-12-6)4-8(2,9)10/h3-4H2,1-2H3. The lowest BCUT2D eigenvalue weighted by Gasteiger charge is -2.06. The minimum atomic E-state index is -2.97. The molecule has 1 heterocycles. The zero-order chi connectivity index (χ0) is 11.5. The summed E-state index contributed by atoms with van der Waals surface area (Å²) in [4.78, 5) is 11.2. The Morgan fingerprint density at radius 3 is 2.73 bits per heavy atom. The molecule has 0 radical (unpaired) electrons. The van der Waals surface area contributed by atoms with Gasteiger partial charge in [-0.15, -0.1) is 0 Å². The predicted octanol–water partition coefficient (Wildman–Crippen LogP) is 1.44. The number of hydrogen-bond donors (Lipinski definition) is 0. The second-order valence-corrected chi connectivity index (χ2v) is 3.03. The van der Waals surface area contributed by atoms with E-state index in [0.29, 0.717) is 0 Å². The molecular weight excluding hydrogens is 210 g/mol. The van der Waals surface area contributed by atoms with E-state index in [1.807, 2.05) is 0 Å². The van der Waals surface area contributed by atoms with Crippen LogP contribution in [0.25, 0.3) is 0 Å². The molecule has 0 aliphatic carbocycles. The molecule has 0 saturated carbocycles. The molecule has 7 heteroatoms. The average molecular weight is 220 g/mol. The van der Waals surface area contributed by atoms with Gasteiger partial charge in [-0.05, 0) is 19.0 Å². The van der Waals surface area contributed by atoms with Gasteiger partial charge in [-0.3, -0.25) is 0 Å². The summed E-state index contributed by atoms with van der Waals surface area (Å²) >= 11 is 0. The van der Waals surface area contributed by atoms with Crippen LogP contribution in [0.15, 0.2) is 4.63 Å². The first kappa shape index (κ1) is 11.5. The molecule has 0 fully saturated rings. The fourth-order valence-corrected chi connectivity index (χ4v) is 0.971. The van der Waals surface area contributed by atoms with Gasteiger partial charge in [0, 0.05) is 0 Å². The van der Waals surface area contributed by atoms with Crippen LogP contribution in [0.3, 0.4) is 0 Å². The number of aromatic nitrogens is 2. The van der Waals surface area contributed by atoms with Crippen LogP contribution in [-0.2, 0) is 11.2 Å². The summed E-state index contributed by atoms with van der Waals surface area (Å²) in [5, 5.41) is 6.46. The number of carbonyl (C=O) groups excluding carboxylic acids is 1. The van der Waals surface area contributed by atoms with Gasteiger partial charge >= 0.3 is 5.97 Å². The van der Waals surface area contributed by atoms with Crippen LogP contribution < -0.4 is 0 Å². The van der Waals surface area contributed by atoms with Gasteiger partial charge in [0.2, 0.25) is 5.69 Å². The lowest BCUT2D eigenvalue weighted by Crippen LogP contribution is -2.17. The number of esters is 1. The molecule has 1 aromatic heterocycles. The number of carbonyl (C=O) groups is 1. The molecule has 84 valence electrons. The minimum absolute atomic E-state index is 0.133. The summed E-state index contributed by atoms with van der Waals surface area (Å²) in [7, 11) is 0. The Labute approximate surface area is 84.4 Å². The first-order valence-electron chi connectivity index (χ1n) is 4.30. The van der Waals surface area contributed by atoms with Crippen LogP contribution in [-0.4, -0.2) is 28.8 Å². The van der Waals surface area contributed by atoms with E-state index in [-0.39, 0.29) is 18.0 Å². The van der Waals surface area contributed by atoms with E-state index in [4.69, 9.17) is 0 Å². The van der Waals surface area contributed by atoms with Crippen molar-refractivity contribution in [3.8, 4) is 0 Å². The molecule has 0 bridgehead atoms. The highest BCUT2D eigenvalue weighted by molar-refractivity contribution is 5.88. The van der Waals surface area contributed by atoms with Gasteiger partial charge in [-0.2, -0.15) is 0 Å². The third kappa shape index (κ3) is 3.26. The van der Waals surface area contributed by atoms with Gasteiger partial charge in [0.25, 0.3) is 5.92 Å². The van der Waals surface area contributed by atoms with Crippen molar-refractivity contribution in [1.29, 1.82) is 0 Å². The number of hydrogen-bond acceptors (Lipinski definition) is 5. The average Bonchev–Trinajstić information content (AvgIpc) is 2.49. The van der Waals surface area contributed by atoms with Crippen molar-refractivity contribution in [3.05, 3.63) is 11.4 Å². The van der Waals surface area contributed by atoms with Crippen LogP contribution in [0, 0.1) is 0 Å². The lowest BCUT2D eigenvalue weighted by atomic mass is 10.2. The maximum Gasteiger partial charge on any atom is 0.362 e. The van der Waals surface area contributed by atoms with Crippen LogP contribution >= 0.6 is 0 Å². The molecule has 0 aromatic carbocycles. The predicted molar refractivity (Wildman–Crippen MR) is 44.6 cm³/mol. The zero-order valence-electron chi connectivity index (χ0n) is 8.29. The van der Waals surface area contributed by atoms with E-state index >= 15 is 0 Å². The minimum Gasteiger partial charge on any atom is -0.461 e. The van der Waals surface area contributed by atoms with E-state index in [0.717, 1.165) is 6.92 Å². The fourth-order valence-electron chi connectivity index (χ4n) is 0.971. The van der Waals surface area contributed by atoms with E-state index in [9.17, 15) is 13.6 Å². The molecule has 0 unspecified atom stereocenters. The van der Waals surface area contributed by atoms with Crippen molar-refractivity contribution in [2.24, 2.45) is 0 Å². The summed E-state index contributed by atoms with van der Waals surface area (Å²) in [5.74, 6) is -3.78. The van der Waals surface area contributed by atoms with Gasteiger partial charge in [-0.25, -0.2) is 18.2 Å². The fraction of sp³-hybridized carbons (Fsp3) is 0.625. The van der Waals surface area contributed by atoms with Gasteiger partial charge < -0.3 is 4.74 Å². The Bertz CT molecular complexity index is 346. The second-order valence-electron chi connectivity index (χ2n) is 3.03. The summed E-state index contributed by atoms with van der Waals surface area (Å²) in [5.41, 5.74) is -0.487. The molecule has 0 aliphatic heterocycles. The Hall–Kier alpha value is -1.53. The number of alkyl halides is 2. The van der Waals surface area contributed by atoms with Crippen molar-refractivity contribution >= 4 is 5.97 Å². The highest BCUT2D eigenvalue weighted by Gasteiger charge is 2.29. The SMILES string of the molecule is CCOC(=O)c1nonc1CC(C)(F)F. The monoisotopic (exact) mass is 220 g/mol. The normalized spacial score (nSPS) is 11.5. The van der Waals surface area contributed by atoms with E-state index < -0.39 is 18.3 Å². The maximum atomic E-state index is 12.7. The van der Waals surface area contributed by atoms with E-state index in [1.54, 1.807) is 6.92 Å². The highest BCUT2D eigenvalue weighted by atomic mass is 19.3. The van der Waals surface area contributed by atoms with Crippen molar-refractivity contribution in [3.63, 3.8) is 0 Å². The summed E-state index contributed by atoms with van der Waals surface area (Å²) < 4.78 is 34.1. The lowest BCUT2D eigenvalue weighted by molar-refractivity contribution is 0.0205. The van der Waals surface area contributed by atoms with Crippen LogP contribution in [0.1, 0.15) is 30.0 Å². The summed E-state index contributed by atoms with van der Waals surface area (Å²) in [6.45, 7) is 2.45. The van der Waals surface area contributed by atoms with E-state index in [2.05, 4.69) is 19.7 Å². The van der Waals surface area contributed by atoms with Gasteiger partial charge in [0.15, 0.2) is 0 Å². The van der Waals surface area contributed by atoms with Crippen LogP contribution in [0.4, 0.5) is 8.78 Å². The molecule has 5 nitrogen and oxygen atoms in total. The first-order valence-corrected chi connectivity index (χ1v) is 4.30. The van der Waals surface area contributed by atoms with Gasteiger partial charge in [0.1, 0.15) is 5.69 Å². The number of ether oxygens (including phenoxy) is 1. The third-order valence-electron chi connectivity index (χ3n) is 1.50. The maximum absolute atomic E-state index is 12.7. The molecule has 15 heavy (non-hydrogen) atoms. The molecule has 0 atom stereocenters. The van der Waals surface area contributed by atoms with Crippen molar-refractivity contribution in [1.82, 2.24) is 10.3 Å². The summed E-state index contributed by atoms with van der Waals surface area (Å²) in [6.07, 6.45) is -0.704. The molecular formula is C8H10F2N2O3. The quantitative estimate of drug-likeness (QED) is 0.718. The number of nitrogens with zero attached hydrogens (tertiary/aromatic N) is 2. The molecule has 0 aliphatic rings. The largest absolute Gasteiger partial charge is 0.461 e. The Balaban J connectivity index is 2.82. The van der Waals surface area contributed by atoms with Crippen molar-refractivity contribution in [2.45, 2.75) is 26.2 Å².